The molecule has 0 aliphatic carbocycles. The summed E-state index contributed by atoms with van der Waals surface area (Å²) in [5.74, 6) is 0.499. The molecule has 0 aliphatic heterocycles. The number of hydrogen-bond donors (Lipinski definition) is 1. The van der Waals surface area contributed by atoms with Gasteiger partial charge < -0.3 is 5.11 Å². The summed E-state index contributed by atoms with van der Waals surface area (Å²) in [6, 6.07) is 0. The predicted octanol–water partition coefficient (Wildman–Crippen LogP) is 2.96. The van der Waals surface area contributed by atoms with Gasteiger partial charge in [-0.25, -0.2) is 0 Å². The average Bonchev–Trinajstić information content (AvgIpc) is 2.04. The minimum Gasteiger partial charge on any atom is -0.396 e. The van der Waals surface area contributed by atoms with E-state index in [-0.39, 0.29) is 0 Å². The molecular weight excluding hydrogens is 204 g/mol. The Labute approximate surface area is 78.3 Å². The van der Waals surface area contributed by atoms with Crippen LogP contribution in [0.4, 0.5) is 0 Å². The zero-order chi connectivity index (χ0) is 8.53. The first-order valence-corrected chi connectivity index (χ1v) is 5.60. The Morgan fingerprint density at radius 3 is 2.36 bits per heavy atom. The van der Waals surface area contributed by atoms with Crippen LogP contribution in [0.5, 0.6) is 0 Å². The lowest BCUT2D eigenvalue weighted by atomic mass is 10.0. The number of aliphatic hydroxyl groups is 1. The van der Waals surface area contributed by atoms with Gasteiger partial charge in [0.1, 0.15) is 0 Å². The lowest BCUT2D eigenvalue weighted by Crippen LogP contribution is -1.99. The third-order valence-corrected chi connectivity index (χ3v) is 2.45. The zero-order valence-electron chi connectivity index (χ0n) is 7.35. The highest BCUT2D eigenvalue weighted by molar-refractivity contribution is 9.09. The number of unbranched alkanes of at least 4 members (excludes halogenated alkanes) is 3. The third-order valence-electron chi connectivity index (χ3n) is 1.89. The number of aliphatic hydroxyl groups excluding tert-OH is 1. The summed E-state index contributed by atoms with van der Waals surface area (Å²) in [6.07, 6.45) is 6.38. The van der Waals surface area contributed by atoms with Gasteiger partial charge in [0.05, 0.1) is 0 Å². The van der Waals surface area contributed by atoms with Crippen molar-refractivity contribution < 1.29 is 5.11 Å². The molecule has 11 heavy (non-hydrogen) atoms. The highest BCUT2D eigenvalue weighted by Crippen LogP contribution is 2.09. The first-order chi connectivity index (χ1) is 5.31. The minimum atomic E-state index is 0.346. The van der Waals surface area contributed by atoms with Crippen molar-refractivity contribution in [1.82, 2.24) is 0 Å². The van der Waals surface area contributed by atoms with Crippen molar-refractivity contribution in [1.29, 1.82) is 0 Å². The molecule has 0 spiro atoms. The van der Waals surface area contributed by atoms with Gasteiger partial charge in [0.15, 0.2) is 0 Å². The summed E-state index contributed by atoms with van der Waals surface area (Å²) in [5.41, 5.74) is 0. The van der Waals surface area contributed by atoms with Crippen LogP contribution in [-0.4, -0.2) is 17.0 Å². The number of hydrogen-bond acceptors (Lipinski definition) is 1. The van der Waals surface area contributed by atoms with Gasteiger partial charge in [-0.2, -0.15) is 0 Å². The summed E-state index contributed by atoms with van der Waals surface area (Å²) < 4.78 is 0. The van der Waals surface area contributed by atoms with E-state index in [1.54, 1.807) is 0 Å². The second-order valence-electron chi connectivity index (χ2n) is 3.18. The first-order valence-electron chi connectivity index (χ1n) is 4.48. The highest BCUT2D eigenvalue weighted by atomic mass is 79.9. The van der Waals surface area contributed by atoms with Crippen molar-refractivity contribution >= 4 is 15.9 Å². The van der Waals surface area contributed by atoms with Gasteiger partial charge in [-0.1, -0.05) is 42.1 Å². The predicted molar refractivity (Wildman–Crippen MR) is 53.1 cm³/mol. The fourth-order valence-electron chi connectivity index (χ4n) is 1.03. The topological polar surface area (TPSA) is 20.2 Å². The molecule has 0 aromatic rings. The molecule has 0 aliphatic rings. The molecule has 0 radical (unpaired) electrons. The molecule has 0 aromatic carbocycles. The lowest BCUT2D eigenvalue weighted by Gasteiger charge is -2.05. The van der Waals surface area contributed by atoms with Crippen molar-refractivity contribution in [2.75, 3.05) is 11.9 Å². The van der Waals surface area contributed by atoms with E-state index in [0.717, 1.165) is 5.33 Å². The van der Waals surface area contributed by atoms with Crippen LogP contribution in [0.3, 0.4) is 0 Å². The maximum atomic E-state index is 8.73. The number of halogens is 1. The molecule has 0 unspecified atom stereocenters. The Hall–Kier alpha value is 0.440. The fourth-order valence-corrected chi connectivity index (χ4v) is 1.43. The van der Waals surface area contributed by atoms with E-state index < -0.39 is 0 Å². The smallest absolute Gasteiger partial charge is 0.0456 e. The molecule has 0 amide bonds. The Balaban J connectivity index is 2.89. The van der Waals surface area contributed by atoms with E-state index in [1.807, 2.05) is 0 Å². The van der Waals surface area contributed by atoms with E-state index in [9.17, 15) is 0 Å². The summed E-state index contributed by atoms with van der Waals surface area (Å²) in [5, 5.41) is 9.86. The van der Waals surface area contributed by atoms with Crippen molar-refractivity contribution in [2.45, 2.75) is 39.0 Å². The van der Waals surface area contributed by atoms with Crippen molar-refractivity contribution in [3.63, 3.8) is 0 Å². The van der Waals surface area contributed by atoms with E-state index in [0.29, 0.717) is 12.5 Å². The molecule has 1 nitrogen and oxygen atoms in total. The maximum absolute atomic E-state index is 8.73. The molecule has 68 valence electrons. The summed E-state index contributed by atoms with van der Waals surface area (Å²) in [6.45, 7) is 2.45. The SMILES string of the molecule is C[C@H](CO)CCCCCCBr. The van der Waals surface area contributed by atoms with Crippen LogP contribution in [0, 0.1) is 5.92 Å². The Morgan fingerprint density at radius 2 is 1.82 bits per heavy atom. The van der Waals surface area contributed by atoms with Crippen LogP contribution >= 0.6 is 15.9 Å². The molecule has 1 atom stereocenters. The zero-order valence-corrected chi connectivity index (χ0v) is 8.94. The summed E-state index contributed by atoms with van der Waals surface area (Å²) in [4.78, 5) is 0. The average molecular weight is 223 g/mol. The van der Waals surface area contributed by atoms with Gasteiger partial charge in [0.25, 0.3) is 0 Å². The molecule has 0 aromatic heterocycles. The second kappa shape index (κ2) is 8.54. The van der Waals surface area contributed by atoms with Gasteiger partial charge in [-0.3, -0.25) is 0 Å². The normalized spacial score (nSPS) is 13.4. The van der Waals surface area contributed by atoms with Crippen molar-refractivity contribution in [3.8, 4) is 0 Å². The van der Waals surface area contributed by atoms with Crippen LogP contribution in [0.25, 0.3) is 0 Å². The van der Waals surface area contributed by atoms with Crippen LogP contribution in [0.1, 0.15) is 39.0 Å². The molecule has 0 rings (SSSR count). The van der Waals surface area contributed by atoms with Gasteiger partial charge in [-0.05, 0) is 18.8 Å². The van der Waals surface area contributed by atoms with E-state index in [2.05, 4.69) is 22.9 Å². The highest BCUT2D eigenvalue weighted by Gasteiger charge is 1.98. The summed E-state index contributed by atoms with van der Waals surface area (Å²) in [7, 11) is 0. The van der Waals surface area contributed by atoms with Crippen molar-refractivity contribution in [3.05, 3.63) is 0 Å². The monoisotopic (exact) mass is 222 g/mol. The van der Waals surface area contributed by atoms with E-state index in [1.165, 1.54) is 32.1 Å². The van der Waals surface area contributed by atoms with E-state index >= 15 is 0 Å². The lowest BCUT2D eigenvalue weighted by molar-refractivity contribution is 0.227. The van der Waals surface area contributed by atoms with Gasteiger partial charge in [0, 0.05) is 11.9 Å². The van der Waals surface area contributed by atoms with Crippen molar-refractivity contribution in [2.24, 2.45) is 5.92 Å². The van der Waals surface area contributed by atoms with Crippen LogP contribution in [0.15, 0.2) is 0 Å². The number of rotatable bonds is 7. The molecule has 0 saturated carbocycles. The fraction of sp³-hybridized carbons (Fsp3) is 1.00. The molecule has 0 saturated heterocycles. The molecule has 2 heteroatoms. The van der Waals surface area contributed by atoms with Gasteiger partial charge in [0.2, 0.25) is 0 Å². The Kier molecular flexibility index (Phi) is 8.88. The summed E-state index contributed by atoms with van der Waals surface area (Å²) >= 11 is 3.40. The second-order valence-corrected chi connectivity index (χ2v) is 3.97. The minimum absolute atomic E-state index is 0.346. The standard InChI is InChI=1S/C9H19BrO/c1-9(8-11)6-4-2-3-5-7-10/h9,11H,2-8H2,1H3/t9-/m0/s1. The van der Waals surface area contributed by atoms with Crippen LogP contribution < -0.4 is 0 Å². The third kappa shape index (κ3) is 8.35. The first kappa shape index (κ1) is 11.4. The molecule has 0 fully saturated rings. The number of alkyl halides is 1. The quantitative estimate of drug-likeness (QED) is 0.519. The Morgan fingerprint density at radius 1 is 1.18 bits per heavy atom. The van der Waals surface area contributed by atoms with E-state index in [4.69, 9.17) is 5.11 Å². The molecule has 1 N–H and O–H groups in total. The largest absolute Gasteiger partial charge is 0.396 e. The van der Waals surface area contributed by atoms with Crippen LogP contribution in [-0.2, 0) is 0 Å². The van der Waals surface area contributed by atoms with Gasteiger partial charge in [-0.15, -0.1) is 0 Å². The molecule has 0 heterocycles. The van der Waals surface area contributed by atoms with Crippen LogP contribution in [0.2, 0.25) is 0 Å². The Bertz CT molecular complexity index is 76.0. The molecule has 0 bridgehead atoms. The van der Waals surface area contributed by atoms with Gasteiger partial charge >= 0.3 is 0 Å². The molecular formula is C9H19BrO. The maximum Gasteiger partial charge on any atom is 0.0456 e.